The maximum atomic E-state index is 5.07. The Hall–Kier alpha value is -0.720. The van der Waals surface area contributed by atoms with Gasteiger partial charge in [-0.1, -0.05) is 5.16 Å². The number of thiophene rings is 1. The van der Waals surface area contributed by atoms with E-state index < -0.39 is 0 Å². The maximum Gasteiger partial charge on any atom is 0.240 e. The van der Waals surface area contributed by atoms with Gasteiger partial charge in [-0.15, -0.1) is 11.3 Å². The summed E-state index contributed by atoms with van der Waals surface area (Å²) in [7, 11) is 2.03. The Labute approximate surface area is 106 Å². The molecule has 16 heavy (non-hydrogen) atoms. The normalized spacial score (nSPS) is 11.2. The molecule has 2 heterocycles. The average molecular weight is 302 g/mol. The summed E-state index contributed by atoms with van der Waals surface area (Å²) < 4.78 is 6.23. The summed E-state index contributed by atoms with van der Waals surface area (Å²) in [5.74, 6) is 1.35. The first-order valence-electron chi connectivity index (χ1n) is 4.85. The van der Waals surface area contributed by atoms with Crippen molar-refractivity contribution >= 4 is 27.3 Å². The molecule has 0 amide bonds. The van der Waals surface area contributed by atoms with E-state index in [2.05, 4.69) is 43.1 Å². The quantitative estimate of drug-likeness (QED) is 0.871. The largest absolute Gasteiger partial charge is 0.338 e. The molecule has 2 rings (SSSR count). The minimum absolute atomic E-state index is 0.663. The molecule has 0 saturated carbocycles. The molecule has 2 aromatic rings. The molecule has 0 atom stereocenters. The number of halogens is 1. The van der Waals surface area contributed by atoms with E-state index in [9.17, 15) is 0 Å². The first-order valence-corrected chi connectivity index (χ1v) is 6.46. The van der Waals surface area contributed by atoms with Crippen LogP contribution in [-0.2, 0) is 13.1 Å². The molecule has 0 bridgehead atoms. The first-order chi connectivity index (χ1) is 7.63. The first kappa shape index (κ1) is 11.8. The van der Waals surface area contributed by atoms with E-state index in [1.165, 1.54) is 4.88 Å². The highest BCUT2D eigenvalue weighted by atomic mass is 79.9. The van der Waals surface area contributed by atoms with Crippen LogP contribution in [0.3, 0.4) is 0 Å². The zero-order valence-corrected chi connectivity index (χ0v) is 11.5. The van der Waals surface area contributed by atoms with Crippen LogP contribution in [0.15, 0.2) is 20.4 Å². The third-order valence-electron chi connectivity index (χ3n) is 2.03. The lowest BCUT2D eigenvalue weighted by atomic mass is 10.4. The summed E-state index contributed by atoms with van der Waals surface area (Å²) in [6.45, 7) is 3.39. The Bertz CT molecular complexity index is 426. The lowest BCUT2D eigenvalue weighted by molar-refractivity contribution is 0.262. The van der Waals surface area contributed by atoms with Gasteiger partial charge >= 0.3 is 0 Å². The van der Waals surface area contributed by atoms with Crippen molar-refractivity contribution in [3.63, 3.8) is 0 Å². The molecular formula is C10H12BrN3OS. The smallest absolute Gasteiger partial charge is 0.240 e. The van der Waals surface area contributed by atoms with Crippen LogP contribution in [0, 0.1) is 6.92 Å². The highest BCUT2D eigenvalue weighted by Crippen LogP contribution is 2.23. The van der Waals surface area contributed by atoms with E-state index in [4.69, 9.17) is 4.52 Å². The second-order valence-corrected chi connectivity index (χ2v) is 6.16. The molecule has 0 aliphatic rings. The van der Waals surface area contributed by atoms with Gasteiger partial charge in [0.15, 0.2) is 5.82 Å². The van der Waals surface area contributed by atoms with E-state index in [-0.39, 0.29) is 0 Å². The summed E-state index contributed by atoms with van der Waals surface area (Å²) in [5.41, 5.74) is 0. The van der Waals surface area contributed by atoms with Gasteiger partial charge < -0.3 is 4.52 Å². The van der Waals surface area contributed by atoms with Gasteiger partial charge in [0.2, 0.25) is 5.89 Å². The fourth-order valence-electron chi connectivity index (χ4n) is 1.39. The van der Waals surface area contributed by atoms with Crippen LogP contribution >= 0.6 is 27.3 Å². The Kier molecular flexibility index (Phi) is 3.73. The zero-order chi connectivity index (χ0) is 11.5. The van der Waals surface area contributed by atoms with Crippen molar-refractivity contribution in [3.05, 3.63) is 32.5 Å². The molecule has 0 aliphatic carbocycles. The standard InChI is InChI=1S/C10H12BrN3OS/c1-7-12-10(15-13-7)6-14(2)5-8-3-4-9(11)16-8/h3-4H,5-6H2,1-2H3. The molecule has 0 spiro atoms. The van der Waals surface area contributed by atoms with Gasteiger partial charge in [0, 0.05) is 11.4 Å². The van der Waals surface area contributed by atoms with Gasteiger partial charge in [0.1, 0.15) is 0 Å². The topological polar surface area (TPSA) is 42.2 Å². The van der Waals surface area contributed by atoms with Gasteiger partial charge in [-0.2, -0.15) is 4.98 Å². The molecule has 0 saturated heterocycles. The number of rotatable bonds is 4. The van der Waals surface area contributed by atoms with Crippen molar-refractivity contribution in [2.24, 2.45) is 0 Å². The summed E-state index contributed by atoms with van der Waals surface area (Å²) >= 11 is 5.19. The van der Waals surface area contributed by atoms with Gasteiger partial charge in [-0.05, 0) is 42.0 Å². The Balaban J connectivity index is 1.91. The summed E-state index contributed by atoms with van der Waals surface area (Å²) in [5, 5.41) is 3.76. The molecule has 86 valence electrons. The molecule has 0 N–H and O–H groups in total. The van der Waals surface area contributed by atoms with Gasteiger partial charge in [0.05, 0.1) is 10.3 Å². The number of aromatic nitrogens is 2. The molecule has 6 heteroatoms. The summed E-state index contributed by atoms with van der Waals surface area (Å²) in [6, 6.07) is 4.18. The monoisotopic (exact) mass is 301 g/mol. The van der Waals surface area contributed by atoms with Gasteiger partial charge in [-0.25, -0.2) is 0 Å². The van der Waals surface area contributed by atoms with Crippen molar-refractivity contribution in [1.29, 1.82) is 0 Å². The molecule has 0 fully saturated rings. The van der Waals surface area contributed by atoms with Gasteiger partial charge in [0.25, 0.3) is 0 Å². The highest BCUT2D eigenvalue weighted by molar-refractivity contribution is 9.11. The Morgan fingerprint density at radius 2 is 2.25 bits per heavy atom. The third-order valence-corrected chi connectivity index (χ3v) is 3.64. The maximum absolute atomic E-state index is 5.07. The molecule has 0 aliphatic heterocycles. The van der Waals surface area contributed by atoms with Crippen molar-refractivity contribution in [3.8, 4) is 0 Å². The van der Waals surface area contributed by atoms with Gasteiger partial charge in [-0.3, -0.25) is 4.90 Å². The highest BCUT2D eigenvalue weighted by Gasteiger charge is 2.08. The lowest BCUT2D eigenvalue weighted by Crippen LogP contribution is -2.16. The fourth-order valence-corrected chi connectivity index (χ4v) is 2.96. The fraction of sp³-hybridized carbons (Fsp3) is 0.400. The number of nitrogens with zero attached hydrogens (tertiary/aromatic N) is 3. The van der Waals surface area contributed by atoms with Crippen LogP contribution in [0.4, 0.5) is 0 Å². The molecule has 2 aromatic heterocycles. The van der Waals surface area contributed by atoms with Crippen molar-refractivity contribution < 1.29 is 4.52 Å². The van der Waals surface area contributed by atoms with E-state index in [0.29, 0.717) is 18.3 Å². The lowest BCUT2D eigenvalue weighted by Gasteiger charge is -2.12. The van der Waals surface area contributed by atoms with Crippen molar-refractivity contribution in [1.82, 2.24) is 15.0 Å². The number of aryl methyl sites for hydroxylation is 1. The van der Waals surface area contributed by atoms with E-state index >= 15 is 0 Å². The van der Waals surface area contributed by atoms with Crippen LogP contribution in [0.5, 0.6) is 0 Å². The minimum Gasteiger partial charge on any atom is -0.338 e. The van der Waals surface area contributed by atoms with Crippen molar-refractivity contribution in [2.45, 2.75) is 20.0 Å². The zero-order valence-electron chi connectivity index (χ0n) is 9.11. The van der Waals surface area contributed by atoms with Crippen molar-refractivity contribution in [2.75, 3.05) is 7.05 Å². The average Bonchev–Trinajstić information content (AvgIpc) is 2.76. The summed E-state index contributed by atoms with van der Waals surface area (Å²) in [4.78, 5) is 7.63. The van der Waals surface area contributed by atoms with Crippen LogP contribution in [0.25, 0.3) is 0 Å². The molecule has 0 aromatic carbocycles. The molecule has 0 radical (unpaired) electrons. The van der Waals surface area contributed by atoms with E-state index in [1.54, 1.807) is 11.3 Å². The van der Waals surface area contributed by atoms with Crippen LogP contribution < -0.4 is 0 Å². The number of hydrogen-bond donors (Lipinski definition) is 0. The Morgan fingerprint density at radius 1 is 1.44 bits per heavy atom. The Morgan fingerprint density at radius 3 is 2.81 bits per heavy atom. The molecule has 0 unspecified atom stereocenters. The SMILES string of the molecule is Cc1noc(CN(C)Cc2ccc(Br)s2)n1. The predicted molar refractivity (Wildman–Crippen MR) is 66.2 cm³/mol. The summed E-state index contributed by atoms with van der Waals surface area (Å²) in [6.07, 6.45) is 0. The van der Waals surface area contributed by atoms with Crippen LogP contribution in [0.2, 0.25) is 0 Å². The minimum atomic E-state index is 0.663. The molecular weight excluding hydrogens is 290 g/mol. The van der Waals surface area contributed by atoms with Crippen LogP contribution in [-0.4, -0.2) is 22.1 Å². The number of hydrogen-bond acceptors (Lipinski definition) is 5. The second kappa shape index (κ2) is 5.07. The van der Waals surface area contributed by atoms with E-state index in [0.717, 1.165) is 10.3 Å². The van der Waals surface area contributed by atoms with Crippen LogP contribution in [0.1, 0.15) is 16.6 Å². The second-order valence-electron chi connectivity index (χ2n) is 3.61. The predicted octanol–water partition coefficient (Wildman–Crippen LogP) is 2.83. The van der Waals surface area contributed by atoms with E-state index in [1.807, 2.05) is 14.0 Å². The molecule has 4 nitrogen and oxygen atoms in total. The third kappa shape index (κ3) is 3.13.